The fourth-order valence-electron chi connectivity index (χ4n) is 3.72. The minimum absolute atomic E-state index is 0.129. The van der Waals surface area contributed by atoms with E-state index in [4.69, 9.17) is 14.0 Å². The first kappa shape index (κ1) is 16.7. The van der Waals surface area contributed by atoms with E-state index in [1.807, 2.05) is 12.1 Å². The fraction of sp³-hybridized carbons (Fsp3) is 0.286. The molecule has 2 heterocycles. The summed E-state index contributed by atoms with van der Waals surface area (Å²) < 4.78 is 16.4. The summed E-state index contributed by atoms with van der Waals surface area (Å²) >= 11 is 0. The van der Waals surface area contributed by atoms with Crippen LogP contribution in [0.25, 0.3) is 0 Å². The van der Waals surface area contributed by atoms with Gasteiger partial charge in [-0.05, 0) is 35.2 Å². The Morgan fingerprint density at radius 1 is 1.08 bits per heavy atom. The van der Waals surface area contributed by atoms with Crippen molar-refractivity contribution in [1.29, 1.82) is 0 Å². The summed E-state index contributed by atoms with van der Waals surface area (Å²) in [7, 11) is 3.36. The van der Waals surface area contributed by atoms with Gasteiger partial charge < -0.3 is 14.0 Å². The van der Waals surface area contributed by atoms with Crippen LogP contribution in [-0.4, -0.2) is 30.8 Å². The summed E-state index contributed by atoms with van der Waals surface area (Å²) in [6.45, 7) is 1.65. The topological polar surface area (TPSA) is 47.7 Å². The first-order valence-corrected chi connectivity index (χ1v) is 8.73. The van der Waals surface area contributed by atoms with Gasteiger partial charge in [0.15, 0.2) is 17.3 Å². The molecule has 2 aromatic carbocycles. The molecule has 0 bridgehead atoms. The second-order valence-corrected chi connectivity index (χ2v) is 6.42. The second kappa shape index (κ2) is 7.22. The molecule has 0 aliphatic carbocycles. The second-order valence-electron chi connectivity index (χ2n) is 6.42. The van der Waals surface area contributed by atoms with Crippen LogP contribution in [0.1, 0.15) is 28.5 Å². The lowest BCUT2D eigenvalue weighted by Crippen LogP contribution is -2.35. The largest absolute Gasteiger partial charge is 0.493 e. The molecular formula is C21H22N2O3. The summed E-state index contributed by atoms with van der Waals surface area (Å²) in [4.78, 5) is 2.42. The molecule has 0 spiro atoms. The molecule has 0 fully saturated rings. The first-order valence-electron chi connectivity index (χ1n) is 8.73. The Balaban J connectivity index is 1.80. The van der Waals surface area contributed by atoms with E-state index >= 15 is 0 Å². The predicted molar refractivity (Wildman–Crippen MR) is 98.4 cm³/mol. The molecule has 1 aromatic heterocycles. The van der Waals surface area contributed by atoms with Gasteiger partial charge in [0.2, 0.25) is 0 Å². The van der Waals surface area contributed by atoms with Gasteiger partial charge in [-0.2, -0.15) is 0 Å². The lowest BCUT2D eigenvalue weighted by atomic mass is 9.87. The smallest absolute Gasteiger partial charge is 0.161 e. The van der Waals surface area contributed by atoms with Crippen LogP contribution in [0.2, 0.25) is 0 Å². The van der Waals surface area contributed by atoms with Crippen LogP contribution in [0.15, 0.2) is 59.3 Å². The highest BCUT2D eigenvalue weighted by Gasteiger charge is 2.30. The first-order chi connectivity index (χ1) is 12.8. The Morgan fingerprint density at radius 2 is 1.85 bits per heavy atom. The van der Waals surface area contributed by atoms with Gasteiger partial charge in [-0.15, -0.1) is 0 Å². The van der Waals surface area contributed by atoms with Crippen molar-refractivity contribution < 1.29 is 14.0 Å². The molecule has 0 saturated carbocycles. The summed E-state index contributed by atoms with van der Waals surface area (Å²) in [5, 5.41) is 3.84. The molecule has 0 radical (unpaired) electrons. The third-order valence-corrected chi connectivity index (χ3v) is 4.94. The minimum atomic E-state index is 0.129. The van der Waals surface area contributed by atoms with Crippen LogP contribution in [0.5, 0.6) is 11.5 Å². The van der Waals surface area contributed by atoms with Gasteiger partial charge in [0, 0.05) is 12.6 Å². The third kappa shape index (κ3) is 3.06. The molecule has 4 rings (SSSR count). The maximum atomic E-state index is 5.56. The van der Waals surface area contributed by atoms with Gasteiger partial charge in [0.25, 0.3) is 0 Å². The molecule has 0 N–H and O–H groups in total. The number of hydrogen-bond acceptors (Lipinski definition) is 5. The Kier molecular flexibility index (Phi) is 4.63. The molecule has 1 aliphatic rings. The average Bonchev–Trinajstić information content (AvgIpc) is 3.20. The number of aromatic nitrogens is 1. The summed E-state index contributed by atoms with van der Waals surface area (Å²) in [5.74, 6) is 2.41. The highest BCUT2D eigenvalue weighted by molar-refractivity contribution is 5.51. The van der Waals surface area contributed by atoms with E-state index < -0.39 is 0 Å². The van der Waals surface area contributed by atoms with Crippen molar-refractivity contribution in [2.24, 2.45) is 0 Å². The minimum Gasteiger partial charge on any atom is -0.493 e. The normalized spacial score (nSPS) is 16.9. The average molecular weight is 350 g/mol. The Hall–Kier alpha value is -2.79. The van der Waals surface area contributed by atoms with Crippen LogP contribution < -0.4 is 9.47 Å². The van der Waals surface area contributed by atoms with E-state index in [0.29, 0.717) is 6.54 Å². The van der Waals surface area contributed by atoms with E-state index in [0.717, 1.165) is 30.2 Å². The van der Waals surface area contributed by atoms with Crippen LogP contribution in [0, 0.1) is 0 Å². The number of ether oxygens (including phenoxy) is 2. The quantitative estimate of drug-likeness (QED) is 0.700. The fourth-order valence-corrected chi connectivity index (χ4v) is 3.72. The van der Waals surface area contributed by atoms with Crippen LogP contribution >= 0.6 is 0 Å². The van der Waals surface area contributed by atoms with Gasteiger partial charge in [-0.25, -0.2) is 0 Å². The van der Waals surface area contributed by atoms with Gasteiger partial charge in [0.05, 0.1) is 33.0 Å². The van der Waals surface area contributed by atoms with Gasteiger partial charge in [0.1, 0.15) is 0 Å². The van der Waals surface area contributed by atoms with E-state index in [-0.39, 0.29) is 6.04 Å². The number of fused-ring (bicyclic) bond motifs is 1. The van der Waals surface area contributed by atoms with Crippen molar-refractivity contribution in [2.45, 2.75) is 19.0 Å². The molecule has 134 valence electrons. The standard InChI is InChI=1S/C21H22N2O3/c1-24-19-12-16-9-11-23(14-17-8-10-22-26-17)21(15-6-4-3-5-7-15)18(16)13-20(19)25-2/h3-8,10,12-13,21H,9,11,14H2,1-2H3/t21-/m0/s1. The van der Waals surface area contributed by atoms with E-state index in [2.05, 4.69) is 46.5 Å². The summed E-state index contributed by atoms with van der Waals surface area (Å²) in [6.07, 6.45) is 2.64. The zero-order valence-corrected chi connectivity index (χ0v) is 15.0. The summed E-state index contributed by atoms with van der Waals surface area (Å²) in [6, 6.07) is 16.8. The van der Waals surface area contributed by atoms with E-state index in [1.165, 1.54) is 16.7 Å². The molecule has 1 aliphatic heterocycles. The SMILES string of the molecule is COc1cc2c(cc1OC)[C@H](c1ccccc1)N(Cc1ccno1)CC2. The van der Waals surface area contributed by atoms with Crippen molar-refractivity contribution in [3.05, 3.63) is 77.2 Å². The van der Waals surface area contributed by atoms with Gasteiger partial charge >= 0.3 is 0 Å². The van der Waals surface area contributed by atoms with Crippen molar-refractivity contribution >= 4 is 0 Å². The van der Waals surface area contributed by atoms with Gasteiger partial charge in [-0.3, -0.25) is 4.90 Å². The Morgan fingerprint density at radius 3 is 2.54 bits per heavy atom. The molecule has 0 saturated heterocycles. The predicted octanol–water partition coefficient (Wildman–Crippen LogP) is 3.84. The Bertz CT molecular complexity index is 862. The van der Waals surface area contributed by atoms with Crippen molar-refractivity contribution in [3.63, 3.8) is 0 Å². The third-order valence-electron chi connectivity index (χ3n) is 4.94. The number of rotatable bonds is 5. The highest BCUT2D eigenvalue weighted by atomic mass is 16.5. The number of hydrogen-bond donors (Lipinski definition) is 0. The van der Waals surface area contributed by atoms with Crippen LogP contribution in [0.3, 0.4) is 0 Å². The maximum absolute atomic E-state index is 5.56. The lowest BCUT2D eigenvalue weighted by molar-refractivity contribution is 0.181. The number of nitrogens with zero attached hydrogens (tertiary/aromatic N) is 2. The molecule has 0 unspecified atom stereocenters. The zero-order valence-electron chi connectivity index (χ0n) is 15.0. The van der Waals surface area contributed by atoms with E-state index in [1.54, 1.807) is 20.4 Å². The molecule has 5 heteroatoms. The van der Waals surface area contributed by atoms with E-state index in [9.17, 15) is 0 Å². The molecule has 5 nitrogen and oxygen atoms in total. The monoisotopic (exact) mass is 350 g/mol. The summed E-state index contributed by atoms with van der Waals surface area (Å²) in [5.41, 5.74) is 3.80. The number of benzene rings is 2. The van der Waals surface area contributed by atoms with Crippen molar-refractivity contribution in [1.82, 2.24) is 10.1 Å². The zero-order chi connectivity index (χ0) is 17.9. The molecule has 26 heavy (non-hydrogen) atoms. The highest BCUT2D eigenvalue weighted by Crippen LogP contribution is 2.41. The maximum Gasteiger partial charge on any atom is 0.161 e. The van der Waals surface area contributed by atoms with Gasteiger partial charge in [-0.1, -0.05) is 35.5 Å². The number of methoxy groups -OCH3 is 2. The van der Waals surface area contributed by atoms with Crippen LogP contribution in [-0.2, 0) is 13.0 Å². The van der Waals surface area contributed by atoms with Crippen molar-refractivity contribution in [2.75, 3.05) is 20.8 Å². The van der Waals surface area contributed by atoms with Crippen LogP contribution in [0.4, 0.5) is 0 Å². The molecule has 1 atom stereocenters. The van der Waals surface area contributed by atoms with Crippen molar-refractivity contribution in [3.8, 4) is 11.5 Å². The molecular weight excluding hydrogens is 328 g/mol. The molecule has 0 amide bonds. The molecule has 3 aromatic rings. The lowest BCUT2D eigenvalue weighted by Gasteiger charge is -2.37. The Labute approximate surface area is 153 Å².